The molecule has 1 aromatic heterocycles. The van der Waals surface area contributed by atoms with E-state index in [-0.39, 0.29) is 23.6 Å². The highest BCUT2D eigenvalue weighted by atomic mass is 35.5. The molecule has 0 unspecified atom stereocenters. The maximum absolute atomic E-state index is 13.7. The van der Waals surface area contributed by atoms with Crippen molar-refractivity contribution in [2.45, 2.75) is 32.7 Å². The van der Waals surface area contributed by atoms with Gasteiger partial charge >= 0.3 is 0 Å². The fourth-order valence-electron chi connectivity index (χ4n) is 4.78. The lowest BCUT2D eigenvalue weighted by Crippen LogP contribution is -2.45. The lowest BCUT2D eigenvalue weighted by atomic mass is 10.0. The first-order valence-electron chi connectivity index (χ1n) is 14.5. The lowest BCUT2D eigenvalue weighted by Gasteiger charge is -2.32. The Labute approximate surface area is 287 Å². The van der Waals surface area contributed by atoms with Crippen LogP contribution in [-0.2, 0) is 14.6 Å². The first-order chi connectivity index (χ1) is 21.5. The topological polar surface area (TPSA) is 152 Å². The average molecular weight is 744 g/mol. The predicted molar refractivity (Wildman–Crippen MR) is 193 cm³/mol. The van der Waals surface area contributed by atoms with Gasteiger partial charge in [0.25, 0.3) is 11.8 Å². The third-order valence-corrected chi connectivity index (χ3v) is 10.5. The summed E-state index contributed by atoms with van der Waals surface area (Å²) in [6, 6.07) is 4.15. The van der Waals surface area contributed by atoms with Gasteiger partial charge in [0.1, 0.15) is 15.7 Å². The highest BCUT2D eigenvalue weighted by Gasteiger charge is 2.27. The van der Waals surface area contributed by atoms with E-state index in [9.17, 15) is 22.4 Å². The molecule has 1 saturated heterocycles. The van der Waals surface area contributed by atoms with Crippen LogP contribution in [0.5, 0.6) is 0 Å². The Morgan fingerprint density at radius 3 is 2.30 bits per heavy atom. The smallest absolute Gasteiger partial charge is 0.256 e. The van der Waals surface area contributed by atoms with Crippen molar-refractivity contribution in [3.63, 3.8) is 0 Å². The predicted octanol–water partition coefficient (Wildman–Crippen LogP) is 5.70. The van der Waals surface area contributed by atoms with E-state index in [4.69, 9.17) is 32.3 Å². The number of anilines is 1. The van der Waals surface area contributed by atoms with Crippen LogP contribution in [0.25, 0.3) is 11.6 Å². The van der Waals surface area contributed by atoms with Gasteiger partial charge in [-0.25, -0.2) is 12.8 Å². The quantitative estimate of drug-likeness (QED) is 0.154. The van der Waals surface area contributed by atoms with Crippen LogP contribution in [0.3, 0.4) is 0 Å². The number of nitrogens with one attached hydrogen (secondary N) is 3. The molecule has 2 aromatic rings. The van der Waals surface area contributed by atoms with Gasteiger partial charge in [-0.2, -0.15) is 22.4 Å². The number of carbonyl (C=O) groups excluding carboxylic acids is 2. The van der Waals surface area contributed by atoms with Gasteiger partial charge in [0, 0.05) is 78.3 Å². The van der Waals surface area contributed by atoms with Crippen molar-refractivity contribution < 1.29 is 31.5 Å². The van der Waals surface area contributed by atoms with Gasteiger partial charge in [0.2, 0.25) is 0 Å². The van der Waals surface area contributed by atoms with Crippen molar-refractivity contribution in [3.8, 4) is 0 Å². The molecular weight excluding hydrogens is 698 g/mol. The molecule has 0 aliphatic carbocycles. The fraction of sp³-hybridized carbons (Fsp3) is 0.533. The first-order valence-corrected chi connectivity index (χ1v) is 21.2. The van der Waals surface area contributed by atoms with Gasteiger partial charge < -0.3 is 20.5 Å². The van der Waals surface area contributed by atoms with Crippen LogP contribution in [0.4, 0.5) is 10.1 Å². The Kier molecular flexibility index (Phi) is 16.4. The first kappa shape index (κ1) is 40.4. The van der Waals surface area contributed by atoms with Crippen LogP contribution >= 0.6 is 45.6 Å². The number of sulfone groups is 1. The van der Waals surface area contributed by atoms with Crippen molar-refractivity contribution in [2.75, 3.05) is 72.7 Å². The van der Waals surface area contributed by atoms with E-state index in [1.165, 1.54) is 30.7 Å². The van der Waals surface area contributed by atoms with Crippen LogP contribution in [0, 0.1) is 19.7 Å². The lowest BCUT2D eigenvalue weighted by molar-refractivity contribution is -0.110. The number of likely N-dealkylation sites (tertiary alicyclic amines) is 1. The number of thioether (sulfide) groups is 1. The maximum atomic E-state index is 13.7. The number of fused-ring (bicyclic) bond motifs is 1. The minimum absolute atomic E-state index is 0.00736. The summed E-state index contributed by atoms with van der Waals surface area (Å²) < 4.78 is 53.6. The zero-order valence-corrected chi connectivity index (χ0v) is 30.8. The molecule has 10 nitrogen and oxygen atoms in total. The van der Waals surface area contributed by atoms with Gasteiger partial charge in [-0.3, -0.25) is 18.7 Å². The van der Waals surface area contributed by atoms with Crippen molar-refractivity contribution in [1.82, 2.24) is 15.2 Å². The Hall–Kier alpha value is -1.78. The minimum Gasteiger partial charge on any atom is -0.358 e. The molecular formula is C30H45Cl2FN4O6S3. The SMILES string of the molecule is CS(O)(O)CCCl.CSCCCl.Cc1[nH]c(/C=C2\C(=O)Nc3ccc(F)cc32)c(C)c1C(=O)NC1CCN(CCS(C)(=O)=O)CC1. The number of rotatable bonds is 10. The van der Waals surface area contributed by atoms with Gasteiger partial charge in [0.15, 0.2) is 0 Å². The molecule has 2 aliphatic heterocycles. The largest absolute Gasteiger partial charge is 0.358 e. The molecule has 0 spiro atoms. The number of nitrogens with zero attached hydrogens (tertiary/aromatic N) is 1. The highest BCUT2D eigenvalue weighted by Crippen LogP contribution is 2.34. The van der Waals surface area contributed by atoms with Crippen LogP contribution in [0.1, 0.15) is 45.7 Å². The summed E-state index contributed by atoms with van der Waals surface area (Å²) in [4.78, 5) is 30.8. The average Bonchev–Trinajstić information content (AvgIpc) is 3.42. The number of benzene rings is 1. The van der Waals surface area contributed by atoms with E-state index in [1.807, 2.05) is 13.2 Å². The van der Waals surface area contributed by atoms with Crippen molar-refractivity contribution in [1.29, 1.82) is 0 Å². The summed E-state index contributed by atoms with van der Waals surface area (Å²) in [5.41, 5.74) is 3.94. The highest BCUT2D eigenvalue weighted by molar-refractivity contribution is 8.23. The number of hydrogen-bond donors (Lipinski definition) is 5. The third-order valence-electron chi connectivity index (χ3n) is 7.20. The molecule has 4 rings (SSSR count). The Bertz CT molecular complexity index is 1470. The number of piperidine rings is 1. The van der Waals surface area contributed by atoms with E-state index in [0.717, 1.165) is 37.6 Å². The fourth-order valence-corrected chi connectivity index (χ4v) is 7.16. The number of aromatic amines is 1. The molecule has 5 N–H and O–H groups in total. The molecule has 16 heteroatoms. The Morgan fingerprint density at radius 2 is 1.80 bits per heavy atom. The number of H-pyrrole nitrogens is 1. The van der Waals surface area contributed by atoms with Gasteiger partial charge in [0.05, 0.1) is 22.6 Å². The second kappa shape index (κ2) is 18.7. The molecule has 260 valence electrons. The van der Waals surface area contributed by atoms with Crippen LogP contribution < -0.4 is 10.6 Å². The number of aromatic nitrogens is 1. The Balaban J connectivity index is 0.000000522. The summed E-state index contributed by atoms with van der Waals surface area (Å²) in [5, 5.41) is 5.82. The van der Waals surface area contributed by atoms with Crippen LogP contribution in [0.15, 0.2) is 18.2 Å². The summed E-state index contributed by atoms with van der Waals surface area (Å²) >= 11 is 12.2. The summed E-state index contributed by atoms with van der Waals surface area (Å²) in [6.07, 6.45) is 7.81. The number of amides is 2. The molecule has 0 saturated carbocycles. The van der Waals surface area contributed by atoms with E-state index in [0.29, 0.717) is 57.5 Å². The number of halogens is 3. The third kappa shape index (κ3) is 13.4. The maximum Gasteiger partial charge on any atom is 0.256 e. The summed E-state index contributed by atoms with van der Waals surface area (Å²) in [6.45, 7) is 5.59. The van der Waals surface area contributed by atoms with Crippen molar-refractivity contribution in [2.24, 2.45) is 0 Å². The van der Waals surface area contributed by atoms with E-state index >= 15 is 0 Å². The second-order valence-corrected chi connectivity index (χ2v) is 17.6. The van der Waals surface area contributed by atoms with E-state index in [1.54, 1.807) is 24.8 Å². The second-order valence-electron chi connectivity index (χ2n) is 11.2. The normalized spacial score (nSPS) is 16.6. The van der Waals surface area contributed by atoms with E-state index in [2.05, 4.69) is 20.5 Å². The zero-order chi connectivity index (χ0) is 34.7. The van der Waals surface area contributed by atoms with Gasteiger partial charge in [-0.1, -0.05) is 0 Å². The van der Waals surface area contributed by atoms with Gasteiger partial charge in [-0.15, -0.1) is 23.2 Å². The minimum atomic E-state index is -2.99. The Morgan fingerprint density at radius 1 is 1.15 bits per heavy atom. The molecule has 46 heavy (non-hydrogen) atoms. The standard InChI is InChI=1S/C24H29FN4O4S.C3H9ClO2S.C3H7ClS/c1-14-21(13-19-18-12-16(25)4-5-20(18)28-23(19)30)26-15(2)22(14)24(31)27-17-6-8-29(9-7-17)10-11-34(3,32)33;1-7(5,6)3-2-4;1-5-3-2-4/h4-5,12-13,17,26H,6-11H2,1-3H3,(H,27,31)(H,28,30);5-6H,2-3H2,1H3;2-3H2,1H3/b19-13-;;. The molecule has 0 radical (unpaired) electrons. The number of carbonyl (C=O) groups is 2. The molecule has 0 atom stereocenters. The molecule has 2 amide bonds. The zero-order valence-electron chi connectivity index (χ0n) is 26.8. The molecule has 2 aliphatic rings. The molecule has 0 bridgehead atoms. The number of aryl methyl sites for hydroxylation is 1. The monoisotopic (exact) mass is 742 g/mol. The van der Waals surface area contributed by atoms with Crippen molar-refractivity contribution >= 4 is 84.5 Å². The summed E-state index contributed by atoms with van der Waals surface area (Å²) in [5.74, 6) is 1.67. The number of hydrogen-bond acceptors (Lipinski definition) is 8. The molecule has 3 heterocycles. The summed E-state index contributed by atoms with van der Waals surface area (Å²) in [7, 11) is -5.30. The van der Waals surface area contributed by atoms with Gasteiger partial charge in [-0.05, 0) is 62.8 Å². The van der Waals surface area contributed by atoms with E-state index < -0.39 is 26.2 Å². The van der Waals surface area contributed by atoms with Crippen LogP contribution in [0.2, 0.25) is 0 Å². The van der Waals surface area contributed by atoms with Crippen LogP contribution in [-0.4, -0.2) is 113 Å². The molecule has 1 aromatic carbocycles. The molecule has 1 fully saturated rings. The number of alkyl halides is 2. The van der Waals surface area contributed by atoms with Crippen molar-refractivity contribution in [3.05, 3.63) is 52.1 Å².